The Morgan fingerprint density at radius 1 is 1.48 bits per heavy atom. The summed E-state index contributed by atoms with van der Waals surface area (Å²) in [5.41, 5.74) is -0.0458. The first-order valence-electron chi connectivity index (χ1n) is 6.84. The molecule has 116 valence electrons. The van der Waals surface area contributed by atoms with E-state index in [-0.39, 0.29) is 5.28 Å². The number of hydrogen-bond donors (Lipinski definition) is 1. The first kappa shape index (κ1) is 16.4. The summed E-state index contributed by atoms with van der Waals surface area (Å²) >= 11 is 7.35. The summed E-state index contributed by atoms with van der Waals surface area (Å²) in [4.78, 5) is 20.4. The van der Waals surface area contributed by atoms with E-state index in [1.807, 2.05) is 27.0 Å². The lowest BCUT2D eigenvalue weighted by Crippen LogP contribution is -2.52. The molecule has 1 fully saturated rings. The highest BCUT2D eigenvalue weighted by molar-refractivity contribution is 7.98. The lowest BCUT2D eigenvalue weighted by molar-refractivity contribution is 0.0373. The van der Waals surface area contributed by atoms with Crippen LogP contribution >= 0.6 is 23.4 Å². The average molecular weight is 330 g/mol. The van der Waals surface area contributed by atoms with Gasteiger partial charge in [0.15, 0.2) is 0 Å². The van der Waals surface area contributed by atoms with Crippen molar-refractivity contribution >= 4 is 29.5 Å². The minimum atomic E-state index is -0.520. The predicted octanol–water partition coefficient (Wildman–Crippen LogP) is 3.76. The van der Waals surface area contributed by atoms with E-state index < -0.39 is 17.2 Å². The van der Waals surface area contributed by atoms with Crippen LogP contribution in [0.5, 0.6) is 0 Å². The van der Waals surface area contributed by atoms with E-state index in [1.54, 1.807) is 6.20 Å². The van der Waals surface area contributed by atoms with Gasteiger partial charge in [0.25, 0.3) is 0 Å². The summed E-state index contributed by atoms with van der Waals surface area (Å²) in [6.07, 6.45) is 5.98. The third-order valence-electron chi connectivity index (χ3n) is 3.38. The molecule has 0 unspecified atom stereocenters. The second-order valence-corrected chi connectivity index (χ2v) is 7.26. The highest BCUT2D eigenvalue weighted by atomic mass is 35.5. The maximum atomic E-state index is 12.1. The van der Waals surface area contributed by atoms with Crippen LogP contribution in [0.15, 0.2) is 11.2 Å². The molecule has 0 aromatic carbocycles. The van der Waals surface area contributed by atoms with Crippen LogP contribution in [0.4, 0.5) is 4.79 Å². The fourth-order valence-electron chi connectivity index (χ4n) is 2.32. The Balaban J connectivity index is 2.24. The van der Waals surface area contributed by atoms with Crippen LogP contribution in [0.3, 0.4) is 0 Å². The van der Waals surface area contributed by atoms with Crippen LogP contribution in [-0.4, -0.2) is 27.9 Å². The molecule has 1 saturated carbocycles. The van der Waals surface area contributed by atoms with Crippen LogP contribution in [0.25, 0.3) is 0 Å². The zero-order valence-corrected chi connectivity index (χ0v) is 14.3. The quantitative estimate of drug-likeness (QED) is 0.519. The van der Waals surface area contributed by atoms with Gasteiger partial charge in [-0.3, -0.25) is 0 Å². The molecule has 1 N–H and O–H groups in total. The largest absolute Gasteiger partial charge is 0.444 e. The van der Waals surface area contributed by atoms with Gasteiger partial charge in [-0.15, -0.1) is 11.8 Å². The van der Waals surface area contributed by atoms with Crippen LogP contribution in [0.2, 0.25) is 5.28 Å². The Morgan fingerprint density at radius 2 is 2.14 bits per heavy atom. The summed E-state index contributed by atoms with van der Waals surface area (Å²) < 4.78 is 5.36. The van der Waals surface area contributed by atoms with Gasteiger partial charge in [0.2, 0.25) is 5.28 Å². The first-order valence-corrected chi connectivity index (χ1v) is 8.44. The maximum absolute atomic E-state index is 12.1. The van der Waals surface area contributed by atoms with E-state index in [0.29, 0.717) is 0 Å². The van der Waals surface area contributed by atoms with Crippen LogP contribution < -0.4 is 5.32 Å². The fourth-order valence-corrected chi connectivity index (χ4v) is 3.15. The van der Waals surface area contributed by atoms with Gasteiger partial charge in [-0.2, -0.15) is 0 Å². The first-order chi connectivity index (χ1) is 9.76. The Bertz CT molecular complexity index is 542. The number of ether oxygens (including phenoxy) is 1. The Hall–Kier alpha value is -1.01. The number of nitrogens with one attached hydrogen (secondary N) is 1. The smallest absolute Gasteiger partial charge is 0.408 e. The molecule has 1 aliphatic rings. The Morgan fingerprint density at radius 3 is 2.62 bits per heavy atom. The second kappa shape index (κ2) is 6.01. The molecule has 1 heterocycles. The van der Waals surface area contributed by atoms with E-state index in [1.165, 1.54) is 11.8 Å². The minimum Gasteiger partial charge on any atom is -0.444 e. The molecule has 1 aliphatic carbocycles. The number of carbonyl (C=O) groups is 1. The molecule has 1 aromatic heterocycles. The van der Waals surface area contributed by atoms with E-state index in [9.17, 15) is 4.79 Å². The highest BCUT2D eigenvalue weighted by Crippen LogP contribution is 2.44. The van der Waals surface area contributed by atoms with E-state index >= 15 is 0 Å². The number of aromatic nitrogens is 2. The molecule has 0 radical (unpaired) electrons. The van der Waals surface area contributed by atoms with E-state index in [2.05, 4.69) is 15.3 Å². The van der Waals surface area contributed by atoms with Crippen molar-refractivity contribution in [1.29, 1.82) is 0 Å². The number of thioether (sulfide) groups is 1. The summed E-state index contributed by atoms with van der Waals surface area (Å²) in [5, 5.41) is 4.01. The average Bonchev–Trinajstić information content (AvgIpc) is 2.32. The summed E-state index contributed by atoms with van der Waals surface area (Å²) in [6, 6.07) is 0. The molecule has 5 nitrogen and oxygen atoms in total. The third-order valence-corrected chi connectivity index (χ3v) is 4.26. The molecule has 0 atom stereocenters. The number of rotatable bonds is 3. The molecule has 1 aromatic rings. The van der Waals surface area contributed by atoms with Crippen molar-refractivity contribution in [3.8, 4) is 0 Å². The molecule has 1 amide bonds. The zero-order chi connectivity index (χ0) is 15.7. The number of nitrogens with zero attached hydrogens (tertiary/aromatic N) is 2. The van der Waals surface area contributed by atoms with Gasteiger partial charge in [0.05, 0.1) is 5.54 Å². The molecule has 0 aliphatic heterocycles. The number of hydrogen-bond acceptors (Lipinski definition) is 5. The minimum absolute atomic E-state index is 0.217. The van der Waals surface area contributed by atoms with E-state index in [4.69, 9.17) is 16.3 Å². The van der Waals surface area contributed by atoms with E-state index in [0.717, 1.165) is 29.9 Å². The van der Waals surface area contributed by atoms with Crippen molar-refractivity contribution < 1.29 is 9.53 Å². The van der Waals surface area contributed by atoms with Crippen molar-refractivity contribution in [2.45, 2.75) is 56.2 Å². The molecule has 0 saturated heterocycles. The van der Waals surface area contributed by atoms with Crippen LogP contribution in [-0.2, 0) is 10.3 Å². The molecule has 0 bridgehead atoms. The van der Waals surface area contributed by atoms with Crippen molar-refractivity contribution in [2.24, 2.45) is 0 Å². The Labute approximate surface area is 134 Å². The zero-order valence-electron chi connectivity index (χ0n) is 12.7. The fraction of sp³-hybridized carbons (Fsp3) is 0.643. The number of carbonyl (C=O) groups excluding carboxylic acids is 1. The van der Waals surface area contributed by atoms with Gasteiger partial charge in [0.1, 0.15) is 10.6 Å². The molecular weight excluding hydrogens is 310 g/mol. The standard InChI is InChI=1S/C14H20ClN3O2S/c1-13(2,3)20-12(19)18-14(6-5-7-14)9-8-16-11(15)17-10(9)21-4/h8H,5-7H2,1-4H3,(H,18,19). The van der Waals surface area contributed by atoms with Gasteiger partial charge in [-0.1, -0.05) is 0 Å². The van der Waals surface area contributed by atoms with Crippen molar-refractivity contribution in [3.05, 3.63) is 17.0 Å². The molecular formula is C14H20ClN3O2S. The summed E-state index contributed by atoms with van der Waals surface area (Å²) in [7, 11) is 0. The lowest BCUT2D eigenvalue weighted by atomic mass is 9.73. The number of halogens is 1. The van der Waals surface area contributed by atoms with Crippen molar-refractivity contribution in [2.75, 3.05) is 6.26 Å². The highest BCUT2D eigenvalue weighted by Gasteiger charge is 2.43. The third kappa shape index (κ3) is 3.80. The van der Waals surface area contributed by atoms with Gasteiger partial charge in [-0.05, 0) is 57.9 Å². The second-order valence-electron chi connectivity index (χ2n) is 6.12. The van der Waals surface area contributed by atoms with Crippen molar-refractivity contribution in [3.63, 3.8) is 0 Å². The monoisotopic (exact) mass is 329 g/mol. The van der Waals surface area contributed by atoms with Crippen molar-refractivity contribution in [1.82, 2.24) is 15.3 Å². The number of amides is 1. The maximum Gasteiger partial charge on any atom is 0.408 e. The summed E-state index contributed by atoms with van der Waals surface area (Å²) in [5.74, 6) is 0. The molecule has 21 heavy (non-hydrogen) atoms. The lowest BCUT2D eigenvalue weighted by Gasteiger charge is -2.43. The van der Waals surface area contributed by atoms with Crippen LogP contribution in [0, 0.1) is 0 Å². The normalized spacial score (nSPS) is 17.0. The summed E-state index contributed by atoms with van der Waals surface area (Å²) in [6.45, 7) is 5.54. The predicted molar refractivity (Wildman–Crippen MR) is 83.7 cm³/mol. The molecule has 7 heteroatoms. The van der Waals surface area contributed by atoms with Crippen LogP contribution in [0.1, 0.15) is 45.6 Å². The SMILES string of the molecule is CSc1nc(Cl)ncc1C1(NC(=O)OC(C)(C)C)CCC1. The molecule has 0 spiro atoms. The van der Waals surface area contributed by atoms with Gasteiger partial charge < -0.3 is 10.1 Å². The van der Waals surface area contributed by atoms with Gasteiger partial charge in [0, 0.05) is 11.8 Å². The Kier molecular flexibility index (Phi) is 4.68. The topological polar surface area (TPSA) is 64.1 Å². The molecule has 2 rings (SSSR count). The van der Waals surface area contributed by atoms with Gasteiger partial charge in [-0.25, -0.2) is 14.8 Å². The van der Waals surface area contributed by atoms with Gasteiger partial charge >= 0.3 is 6.09 Å². The number of alkyl carbamates (subject to hydrolysis) is 1.